The number of nitrogens with one attached hydrogen (secondary N) is 1. The van der Waals surface area contributed by atoms with E-state index < -0.39 is 0 Å². The molecular formula is C10H20N2O2. The summed E-state index contributed by atoms with van der Waals surface area (Å²) in [6.45, 7) is 5.85. The molecule has 1 spiro atoms. The third-order valence-corrected chi connectivity index (χ3v) is 3.22. The minimum absolute atomic E-state index is 0.173. The van der Waals surface area contributed by atoms with Crippen LogP contribution in [0.4, 0.5) is 0 Å². The molecule has 4 heteroatoms. The molecule has 0 aromatic carbocycles. The minimum atomic E-state index is 0.173. The lowest BCUT2D eigenvalue weighted by Crippen LogP contribution is -2.72. The summed E-state index contributed by atoms with van der Waals surface area (Å²) >= 11 is 0. The van der Waals surface area contributed by atoms with E-state index in [1.165, 1.54) is 13.0 Å². The highest BCUT2D eigenvalue weighted by molar-refractivity contribution is 4.98. The van der Waals surface area contributed by atoms with Gasteiger partial charge >= 0.3 is 0 Å². The fourth-order valence-corrected chi connectivity index (χ4v) is 2.28. The lowest BCUT2D eigenvalue weighted by Gasteiger charge is -2.54. The highest BCUT2D eigenvalue weighted by Gasteiger charge is 2.45. The predicted molar refractivity (Wildman–Crippen MR) is 54.2 cm³/mol. The van der Waals surface area contributed by atoms with Crippen molar-refractivity contribution in [3.63, 3.8) is 0 Å². The number of hydrogen-bond acceptors (Lipinski definition) is 4. The summed E-state index contributed by atoms with van der Waals surface area (Å²) in [5, 5.41) is 3.57. The van der Waals surface area contributed by atoms with Crippen LogP contribution in [-0.2, 0) is 9.47 Å². The van der Waals surface area contributed by atoms with Crippen LogP contribution in [0, 0.1) is 0 Å². The first-order chi connectivity index (χ1) is 6.87. The molecule has 1 unspecified atom stereocenters. The maximum atomic E-state index is 5.53. The van der Waals surface area contributed by atoms with E-state index in [1.807, 2.05) is 0 Å². The van der Waals surface area contributed by atoms with Gasteiger partial charge in [-0.2, -0.15) is 0 Å². The van der Waals surface area contributed by atoms with Crippen molar-refractivity contribution in [2.24, 2.45) is 0 Å². The Bertz CT molecular complexity index is 181. The van der Waals surface area contributed by atoms with E-state index in [0.29, 0.717) is 0 Å². The summed E-state index contributed by atoms with van der Waals surface area (Å²) < 4.78 is 10.6. The second kappa shape index (κ2) is 4.57. The molecule has 2 aliphatic rings. The number of nitrogens with zero attached hydrogens (tertiary/aromatic N) is 1. The van der Waals surface area contributed by atoms with E-state index in [9.17, 15) is 0 Å². The van der Waals surface area contributed by atoms with E-state index in [2.05, 4.69) is 10.2 Å². The van der Waals surface area contributed by atoms with E-state index in [-0.39, 0.29) is 5.66 Å². The number of likely N-dealkylation sites (tertiary alicyclic amines) is 1. The molecule has 2 saturated heterocycles. The summed E-state index contributed by atoms with van der Waals surface area (Å²) in [6.07, 6.45) is 2.33. The molecule has 0 bridgehead atoms. The fraction of sp³-hybridized carbons (Fsp3) is 1.00. The number of morpholine rings is 1. The van der Waals surface area contributed by atoms with Gasteiger partial charge in [0.2, 0.25) is 0 Å². The molecule has 0 amide bonds. The second-order valence-corrected chi connectivity index (χ2v) is 4.09. The van der Waals surface area contributed by atoms with Crippen LogP contribution in [-0.4, -0.2) is 57.1 Å². The quantitative estimate of drug-likeness (QED) is 0.650. The van der Waals surface area contributed by atoms with Crippen LogP contribution in [0.5, 0.6) is 0 Å². The van der Waals surface area contributed by atoms with Crippen molar-refractivity contribution in [2.45, 2.75) is 18.5 Å². The molecule has 2 rings (SSSR count). The van der Waals surface area contributed by atoms with Crippen LogP contribution >= 0.6 is 0 Å². The topological polar surface area (TPSA) is 33.7 Å². The van der Waals surface area contributed by atoms with Gasteiger partial charge in [0, 0.05) is 33.4 Å². The van der Waals surface area contributed by atoms with Crippen molar-refractivity contribution in [3.05, 3.63) is 0 Å². The molecule has 4 nitrogen and oxygen atoms in total. The minimum Gasteiger partial charge on any atom is -0.385 e. The molecule has 2 fully saturated rings. The van der Waals surface area contributed by atoms with E-state index in [1.54, 1.807) is 7.11 Å². The smallest absolute Gasteiger partial charge is 0.0966 e. The number of methoxy groups -OCH3 is 1. The van der Waals surface area contributed by atoms with Crippen LogP contribution in [0.15, 0.2) is 0 Å². The standard InChI is InChI=1S/C10H20N2O2/c1-13-7-2-5-12-6-3-10(12)9-14-8-4-11-10/h11H,2-9H2,1H3. The molecule has 0 aromatic heterocycles. The highest BCUT2D eigenvalue weighted by Crippen LogP contribution is 2.29. The molecule has 1 atom stereocenters. The van der Waals surface area contributed by atoms with Gasteiger partial charge in [0.25, 0.3) is 0 Å². The first-order valence-electron chi connectivity index (χ1n) is 5.44. The highest BCUT2D eigenvalue weighted by atomic mass is 16.5. The number of ether oxygens (including phenoxy) is 2. The summed E-state index contributed by atoms with van der Waals surface area (Å²) in [7, 11) is 1.76. The van der Waals surface area contributed by atoms with Gasteiger partial charge < -0.3 is 9.47 Å². The zero-order valence-electron chi connectivity index (χ0n) is 8.92. The van der Waals surface area contributed by atoms with Crippen molar-refractivity contribution < 1.29 is 9.47 Å². The maximum Gasteiger partial charge on any atom is 0.0966 e. The lowest BCUT2D eigenvalue weighted by atomic mass is 9.93. The van der Waals surface area contributed by atoms with Crippen molar-refractivity contribution >= 4 is 0 Å². The Hall–Kier alpha value is -0.160. The zero-order valence-corrected chi connectivity index (χ0v) is 8.92. The third kappa shape index (κ3) is 1.93. The molecule has 2 aliphatic heterocycles. The Kier molecular flexibility index (Phi) is 3.38. The SMILES string of the molecule is COCCCN1CCC12COCCN2. The fourth-order valence-electron chi connectivity index (χ4n) is 2.28. The number of rotatable bonds is 4. The Morgan fingerprint density at radius 3 is 3.07 bits per heavy atom. The molecular weight excluding hydrogens is 180 g/mol. The van der Waals surface area contributed by atoms with Crippen molar-refractivity contribution in [1.82, 2.24) is 10.2 Å². The monoisotopic (exact) mass is 200 g/mol. The second-order valence-electron chi connectivity index (χ2n) is 4.09. The van der Waals surface area contributed by atoms with Gasteiger partial charge in [-0.15, -0.1) is 0 Å². The van der Waals surface area contributed by atoms with Crippen molar-refractivity contribution in [2.75, 3.05) is 46.6 Å². The third-order valence-electron chi connectivity index (χ3n) is 3.22. The average molecular weight is 200 g/mol. The normalized spacial score (nSPS) is 33.2. The lowest BCUT2D eigenvalue weighted by molar-refractivity contribution is -0.124. The van der Waals surface area contributed by atoms with Crippen molar-refractivity contribution in [3.8, 4) is 0 Å². The molecule has 0 aliphatic carbocycles. The van der Waals surface area contributed by atoms with Crippen LogP contribution < -0.4 is 5.32 Å². The molecule has 14 heavy (non-hydrogen) atoms. The summed E-state index contributed by atoms with van der Waals surface area (Å²) in [4.78, 5) is 2.48. The van der Waals surface area contributed by atoms with E-state index in [0.717, 1.165) is 39.3 Å². The van der Waals surface area contributed by atoms with Crippen LogP contribution in [0.3, 0.4) is 0 Å². The first-order valence-corrected chi connectivity index (χ1v) is 5.44. The Labute approximate surface area is 85.5 Å². The van der Waals surface area contributed by atoms with Gasteiger partial charge in [0.05, 0.1) is 18.9 Å². The molecule has 0 saturated carbocycles. The molecule has 2 heterocycles. The molecule has 0 radical (unpaired) electrons. The summed E-state index contributed by atoms with van der Waals surface area (Å²) in [5.41, 5.74) is 0.173. The Morgan fingerprint density at radius 2 is 2.50 bits per heavy atom. The van der Waals surface area contributed by atoms with Crippen LogP contribution in [0.1, 0.15) is 12.8 Å². The predicted octanol–water partition coefficient (Wildman–Crippen LogP) is 0.0447. The van der Waals surface area contributed by atoms with Gasteiger partial charge in [-0.3, -0.25) is 10.2 Å². The van der Waals surface area contributed by atoms with Crippen LogP contribution in [0.2, 0.25) is 0 Å². The average Bonchev–Trinajstić information content (AvgIpc) is 2.24. The summed E-state index contributed by atoms with van der Waals surface area (Å²) in [6, 6.07) is 0. The first kappa shape index (κ1) is 10.4. The molecule has 82 valence electrons. The van der Waals surface area contributed by atoms with E-state index >= 15 is 0 Å². The Morgan fingerprint density at radius 1 is 1.57 bits per heavy atom. The number of hydrogen-bond donors (Lipinski definition) is 1. The zero-order chi connectivity index (χ0) is 9.86. The maximum absolute atomic E-state index is 5.53. The van der Waals surface area contributed by atoms with Gasteiger partial charge in [0.15, 0.2) is 0 Å². The van der Waals surface area contributed by atoms with Crippen molar-refractivity contribution in [1.29, 1.82) is 0 Å². The van der Waals surface area contributed by atoms with Crippen LogP contribution in [0.25, 0.3) is 0 Å². The largest absolute Gasteiger partial charge is 0.385 e. The molecule has 1 N–H and O–H groups in total. The van der Waals surface area contributed by atoms with Gasteiger partial charge in [-0.25, -0.2) is 0 Å². The van der Waals surface area contributed by atoms with E-state index in [4.69, 9.17) is 9.47 Å². The van der Waals surface area contributed by atoms with Gasteiger partial charge in [-0.05, 0) is 12.8 Å². The van der Waals surface area contributed by atoms with Gasteiger partial charge in [0.1, 0.15) is 0 Å². The summed E-state index contributed by atoms with van der Waals surface area (Å²) in [5.74, 6) is 0. The van der Waals surface area contributed by atoms with Gasteiger partial charge in [-0.1, -0.05) is 0 Å². The molecule has 0 aromatic rings. The Balaban J connectivity index is 1.76.